The van der Waals surface area contributed by atoms with Crippen LogP contribution in [0.25, 0.3) is 33.7 Å². The van der Waals surface area contributed by atoms with Crippen LogP contribution >= 0.6 is 0 Å². The Morgan fingerprint density at radius 1 is 0.585 bits per heavy atom. The predicted octanol–water partition coefficient (Wildman–Crippen LogP) is 6.64. The lowest BCUT2D eigenvalue weighted by Gasteiger charge is -2.11. The topological polar surface area (TPSA) is 191 Å². The molecule has 0 saturated carbocycles. The molecule has 15 nitrogen and oxygen atoms in total. The molecule has 0 atom stereocenters. The summed E-state index contributed by atoms with van der Waals surface area (Å²) in [5, 5.41) is 6.35. The lowest BCUT2D eigenvalue weighted by molar-refractivity contribution is 0.174. The molecular formula is C38H34N12O3. The van der Waals surface area contributed by atoms with E-state index in [0.29, 0.717) is 40.9 Å². The number of imidazole rings is 2. The molecule has 9 rings (SSSR count). The van der Waals surface area contributed by atoms with Crippen molar-refractivity contribution in [1.82, 2.24) is 39.0 Å². The molecule has 0 unspecified atom stereocenters. The van der Waals surface area contributed by atoms with Crippen molar-refractivity contribution in [1.29, 1.82) is 0 Å². The van der Waals surface area contributed by atoms with Gasteiger partial charge in [0.15, 0.2) is 11.5 Å². The second-order valence-electron chi connectivity index (χ2n) is 12.0. The normalized spacial score (nSPS) is 11.7. The zero-order chi connectivity index (χ0) is 36.5. The van der Waals surface area contributed by atoms with Crippen LogP contribution in [0.4, 0.5) is 34.9 Å². The summed E-state index contributed by atoms with van der Waals surface area (Å²) in [6.45, 7) is 4.10. The fraction of sp³-hybridized carbons (Fsp3) is 0.105. The van der Waals surface area contributed by atoms with E-state index in [1.54, 1.807) is 19.2 Å². The van der Waals surface area contributed by atoms with Crippen LogP contribution < -0.4 is 36.3 Å². The molecular weight excluding hydrogens is 672 g/mol. The van der Waals surface area contributed by atoms with Crippen molar-refractivity contribution >= 4 is 57.0 Å². The Labute approximate surface area is 303 Å². The van der Waals surface area contributed by atoms with Crippen LogP contribution in [-0.4, -0.2) is 52.9 Å². The van der Waals surface area contributed by atoms with Gasteiger partial charge in [0, 0.05) is 29.6 Å². The van der Waals surface area contributed by atoms with Gasteiger partial charge >= 0.3 is 0 Å². The molecule has 4 aromatic carbocycles. The van der Waals surface area contributed by atoms with Gasteiger partial charge in [0.1, 0.15) is 40.7 Å². The van der Waals surface area contributed by atoms with E-state index in [9.17, 15) is 0 Å². The van der Waals surface area contributed by atoms with E-state index < -0.39 is 0 Å². The highest BCUT2D eigenvalue weighted by Crippen LogP contribution is 2.35. The van der Waals surface area contributed by atoms with Crippen LogP contribution in [-0.2, 0) is 0 Å². The van der Waals surface area contributed by atoms with Crippen molar-refractivity contribution in [2.75, 3.05) is 36.0 Å². The molecule has 1 aliphatic heterocycles. The van der Waals surface area contributed by atoms with E-state index in [1.165, 1.54) is 0 Å². The number of nitrogen functional groups attached to an aromatic ring is 2. The van der Waals surface area contributed by atoms with Gasteiger partial charge in [-0.2, -0.15) is 19.9 Å². The zero-order valence-electron chi connectivity index (χ0n) is 29.0. The third-order valence-corrected chi connectivity index (χ3v) is 8.35. The van der Waals surface area contributed by atoms with Gasteiger partial charge in [0.2, 0.25) is 18.7 Å². The first-order valence-corrected chi connectivity index (χ1v) is 16.6. The van der Waals surface area contributed by atoms with Crippen LogP contribution in [0.1, 0.15) is 11.6 Å². The molecule has 15 heteroatoms. The van der Waals surface area contributed by atoms with E-state index >= 15 is 0 Å². The number of hydrogen-bond acceptors (Lipinski definition) is 13. The van der Waals surface area contributed by atoms with Gasteiger partial charge in [-0.05, 0) is 74.5 Å². The fourth-order valence-corrected chi connectivity index (χ4v) is 6.02. The van der Waals surface area contributed by atoms with Crippen LogP contribution in [0.15, 0.2) is 103 Å². The summed E-state index contributed by atoms with van der Waals surface area (Å²) in [6.07, 6.45) is 0. The Balaban J connectivity index is 0.000000151. The number of rotatable bonds is 7. The first-order valence-electron chi connectivity index (χ1n) is 16.6. The molecule has 5 heterocycles. The molecule has 6 N–H and O–H groups in total. The van der Waals surface area contributed by atoms with Crippen molar-refractivity contribution in [3.8, 4) is 28.9 Å². The highest BCUT2D eigenvalue weighted by molar-refractivity contribution is 5.79. The SMILES string of the molecule is COc1ccc(Nc2nc(N)cc(-n3c(C)nc4ccccc43)n2)cc1.Cc1nc2ccccc2n1-c1cc(N)nc(Nc2ccc3c(c2)OCO3)n1. The van der Waals surface area contributed by atoms with Crippen LogP contribution in [0, 0.1) is 13.8 Å². The van der Waals surface area contributed by atoms with Gasteiger partial charge in [-0.15, -0.1) is 0 Å². The van der Waals surface area contributed by atoms with Gasteiger partial charge in [0.05, 0.1) is 29.2 Å². The summed E-state index contributed by atoms with van der Waals surface area (Å²) in [6, 6.07) is 32.3. The smallest absolute Gasteiger partial charge is 0.231 e. The minimum atomic E-state index is 0.227. The molecule has 0 amide bonds. The number of ether oxygens (including phenoxy) is 3. The highest BCUT2D eigenvalue weighted by Gasteiger charge is 2.16. The van der Waals surface area contributed by atoms with Crippen LogP contribution in [0.5, 0.6) is 17.2 Å². The minimum absolute atomic E-state index is 0.227. The molecule has 0 radical (unpaired) electrons. The Kier molecular flexibility index (Phi) is 8.48. The standard InChI is InChI=1S/C19H16N6O2.C19H18N6O/c1-11-21-13-4-2-3-5-14(13)25(11)18-9-17(20)23-19(24-18)22-12-6-7-15-16(8-12)27-10-26-15;1-12-21-15-5-3-4-6-16(15)25(12)18-11-17(20)23-19(24-18)22-13-7-9-14(26-2)10-8-13/h2-9H,10H2,1H3,(H3,20,22,23,24);3-11H,1-2H3,(H3,20,22,23,24). The lowest BCUT2D eigenvalue weighted by Crippen LogP contribution is -2.07. The van der Waals surface area contributed by atoms with Gasteiger partial charge in [-0.1, -0.05) is 24.3 Å². The van der Waals surface area contributed by atoms with E-state index in [4.69, 9.17) is 25.7 Å². The van der Waals surface area contributed by atoms with Gasteiger partial charge < -0.3 is 36.3 Å². The number of nitrogens with two attached hydrogens (primary N) is 2. The maximum absolute atomic E-state index is 6.03. The summed E-state index contributed by atoms with van der Waals surface area (Å²) in [4.78, 5) is 27.0. The van der Waals surface area contributed by atoms with Crippen LogP contribution in [0.2, 0.25) is 0 Å². The second-order valence-corrected chi connectivity index (χ2v) is 12.0. The quantitative estimate of drug-likeness (QED) is 0.138. The first kappa shape index (κ1) is 32.8. The molecule has 1 aliphatic rings. The highest BCUT2D eigenvalue weighted by atomic mass is 16.7. The van der Waals surface area contributed by atoms with Crippen LogP contribution in [0.3, 0.4) is 0 Å². The second kappa shape index (κ2) is 13.7. The van der Waals surface area contributed by atoms with Crippen molar-refractivity contribution in [3.63, 3.8) is 0 Å². The number of para-hydroxylation sites is 4. The summed E-state index contributed by atoms with van der Waals surface area (Å²) in [5.74, 6) is 6.70. The summed E-state index contributed by atoms with van der Waals surface area (Å²) < 4.78 is 19.8. The third-order valence-electron chi connectivity index (χ3n) is 8.35. The third kappa shape index (κ3) is 6.73. The minimum Gasteiger partial charge on any atom is -0.497 e. The van der Waals surface area contributed by atoms with E-state index in [0.717, 1.165) is 56.6 Å². The van der Waals surface area contributed by atoms with Gasteiger partial charge in [-0.3, -0.25) is 9.13 Å². The molecule has 0 spiro atoms. The lowest BCUT2D eigenvalue weighted by atomic mass is 10.3. The largest absolute Gasteiger partial charge is 0.497 e. The number of aryl methyl sites for hydroxylation is 2. The molecule has 0 saturated heterocycles. The Morgan fingerprint density at radius 2 is 1.09 bits per heavy atom. The van der Waals surface area contributed by atoms with Crippen molar-refractivity contribution < 1.29 is 14.2 Å². The van der Waals surface area contributed by atoms with Crippen molar-refractivity contribution in [3.05, 3.63) is 115 Å². The summed E-state index contributed by atoms with van der Waals surface area (Å²) in [5.41, 5.74) is 17.4. The maximum Gasteiger partial charge on any atom is 0.231 e. The molecule has 53 heavy (non-hydrogen) atoms. The number of benzene rings is 4. The van der Waals surface area contributed by atoms with Crippen molar-refractivity contribution in [2.24, 2.45) is 0 Å². The van der Waals surface area contributed by atoms with Gasteiger partial charge in [0.25, 0.3) is 0 Å². The maximum atomic E-state index is 6.03. The number of nitrogens with one attached hydrogen (secondary N) is 2. The first-order chi connectivity index (χ1) is 25.8. The molecule has 264 valence electrons. The summed E-state index contributed by atoms with van der Waals surface area (Å²) in [7, 11) is 1.63. The number of anilines is 6. The average Bonchev–Trinajstić information content (AvgIpc) is 3.85. The Bertz CT molecular complexity index is 2600. The molecule has 0 aliphatic carbocycles. The molecule has 8 aromatic rings. The average molecular weight is 707 g/mol. The monoisotopic (exact) mass is 706 g/mol. The Morgan fingerprint density at radius 3 is 1.66 bits per heavy atom. The van der Waals surface area contributed by atoms with E-state index in [1.807, 2.05) is 114 Å². The number of hydrogen-bond donors (Lipinski definition) is 4. The van der Waals surface area contributed by atoms with E-state index in [-0.39, 0.29) is 6.79 Å². The fourth-order valence-electron chi connectivity index (χ4n) is 6.02. The molecule has 0 bridgehead atoms. The number of nitrogens with zero attached hydrogens (tertiary/aromatic N) is 8. The van der Waals surface area contributed by atoms with Crippen molar-refractivity contribution in [2.45, 2.75) is 13.8 Å². The Hall–Kier alpha value is -7.42. The molecule has 4 aromatic heterocycles. The number of aromatic nitrogens is 8. The molecule has 0 fully saturated rings. The van der Waals surface area contributed by atoms with E-state index in [2.05, 4.69) is 40.5 Å². The predicted molar refractivity (Wildman–Crippen MR) is 204 cm³/mol. The van der Waals surface area contributed by atoms with Gasteiger partial charge in [-0.25, -0.2) is 9.97 Å². The number of methoxy groups -OCH3 is 1. The number of fused-ring (bicyclic) bond motifs is 3. The zero-order valence-corrected chi connectivity index (χ0v) is 29.0. The summed E-state index contributed by atoms with van der Waals surface area (Å²) >= 11 is 0.